The fourth-order valence-corrected chi connectivity index (χ4v) is 3.44. The van der Waals surface area contributed by atoms with E-state index >= 15 is 0 Å². The first-order valence-corrected chi connectivity index (χ1v) is 18.5. The summed E-state index contributed by atoms with van der Waals surface area (Å²) in [6.07, 6.45) is 15.2. The molecule has 0 atom stereocenters. The van der Waals surface area contributed by atoms with Crippen molar-refractivity contribution in [1.82, 2.24) is 0 Å². The van der Waals surface area contributed by atoms with Crippen LogP contribution in [0.15, 0.2) is 0 Å². The third kappa shape index (κ3) is 49.2. The van der Waals surface area contributed by atoms with Gasteiger partial charge in [0.15, 0.2) is 0 Å². The van der Waals surface area contributed by atoms with Crippen LogP contribution in [0.5, 0.6) is 0 Å². The summed E-state index contributed by atoms with van der Waals surface area (Å²) in [6, 6.07) is 0. The van der Waals surface area contributed by atoms with Gasteiger partial charge in [-0.3, -0.25) is 24.0 Å². The molecule has 0 radical (unpaired) electrons. The summed E-state index contributed by atoms with van der Waals surface area (Å²) in [5.74, 6) is 3.11. The molecule has 0 unspecified atom stereocenters. The fourth-order valence-electron chi connectivity index (χ4n) is 3.44. The lowest BCUT2D eigenvalue weighted by Gasteiger charge is -2.02. The second-order valence-electron chi connectivity index (χ2n) is 13.6. The molecule has 0 saturated heterocycles. The summed E-state index contributed by atoms with van der Waals surface area (Å²) in [5.41, 5.74) is 0. The van der Waals surface area contributed by atoms with E-state index < -0.39 is 0 Å². The summed E-state index contributed by atoms with van der Waals surface area (Å²) < 4.78 is 0. The first kappa shape index (κ1) is 56.7. The second-order valence-corrected chi connectivity index (χ2v) is 13.6. The summed E-state index contributed by atoms with van der Waals surface area (Å²) in [4.78, 5) is 54.3. The van der Waals surface area contributed by atoms with Crippen LogP contribution in [0.3, 0.4) is 0 Å². The van der Waals surface area contributed by atoms with E-state index in [1.807, 2.05) is 83.1 Å². The van der Waals surface area contributed by atoms with Gasteiger partial charge >= 0.3 is 0 Å². The minimum absolute atomic E-state index is 0. The van der Waals surface area contributed by atoms with Gasteiger partial charge in [0, 0.05) is 61.7 Å². The van der Waals surface area contributed by atoms with Gasteiger partial charge < -0.3 is 0 Å². The Hall–Kier alpha value is -1.65. The number of carbonyl (C=O) groups excluding carboxylic acids is 5. The average molecular weight is 657 g/mol. The van der Waals surface area contributed by atoms with Crippen molar-refractivity contribution in [2.75, 3.05) is 0 Å². The Morgan fingerprint density at radius 1 is 0.326 bits per heavy atom. The number of hydrogen-bond acceptors (Lipinski definition) is 5. The predicted molar refractivity (Wildman–Crippen MR) is 204 cm³/mol. The van der Waals surface area contributed by atoms with Gasteiger partial charge in [-0.05, 0) is 25.7 Å². The third-order valence-corrected chi connectivity index (χ3v) is 7.14. The summed E-state index contributed by atoms with van der Waals surface area (Å²) >= 11 is 0. The molecule has 0 spiro atoms. The number of rotatable bonds is 20. The molecule has 0 aliphatic carbocycles. The van der Waals surface area contributed by atoms with Crippen LogP contribution in [0.25, 0.3) is 0 Å². The molecule has 5 heteroatoms. The van der Waals surface area contributed by atoms with Crippen LogP contribution in [-0.4, -0.2) is 28.9 Å². The van der Waals surface area contributed by atoms with Gasteiger partial charge in [-0.1, -0.05) is 150 Å². The van der Waals surface area contributed by atoms with E-state index in [2.05, 4.69) is 20.8 Å². The lowest BCUT2D eigenvalue weighted by molar-refractivity contribution is -0.122. The average Bonchev–Trinajstić information content (AvgIpc) is 2.98. The molecule has 0 aliphatic rings. The van der Waals surface area contributed by atoms with E-state index in [1.54, 1.807) is 0 Å². The van der Waals surface area contributed by atoms with Crippen LogP contribution in [0.2, 0.25) is 0 Å². The molecule has 0 heterocycles. The Morgan fingerprint density at radius 2 is 0.587 bits per heavy atom. The number of hydrogen-bond donors (Lipinski definition) is 0. The van der Waals surface area contributed by atoms with Gasteiger partial charge in [-0.25, -0.2) is 0 Å². The highest BCUT2D eigenvalue weighted by molar-refractivity contribution is 5.81. The first-order chi connectivity index (χ1) is 20.9. The van der Waals surface area contributed by atoms with Crippen molar-refractivity contribution in [3.63, 3.8) is 0 Å². The van der Waals surface area contributed by atoms with Crippen LogP contribution in [0.1, 0.15) is 208 Å². The second kappa shape index (κ2) is 41.4. The summed E-state index contributed by atoms with van der Waals surface area (Å²) in [6.45, 7) is 29.9. The molecule has 0 saturated carbocycles. The minimum Gasteiger partial charge on any atom is -0.299 e. The van der Waals surface area contributed by atoms with Gasteiger partial charge in [0.05, 0.1) is 0 Å². The smallest absolute Gasteiger partial charge is 0.135 e. The van der Waals surface area contributed by atoms with E-state index in [1.165, 1.54) is 32.1 Å². The molecule has 278 valence electrons. The Kier molecular flexibility index (Phi) is 51.0. The highest BCUT2D eigenvalue weighted by Gasteiger charge is 2.07. The normalized spacial score (nSPS) is 10.0. The fraction of sp³-hybridized carbons (Fsp3) is 0.878. The maximum absolute atomic E-state index is 11.1. The van der Waals surface area contributed by atoms with E-state index in [4.69, 9.17) is 0 Å². The summed E-state index contributed by atoms with van der Waals surface area (Å²) in [7, 11) is 0. The Balaban J connectivity index is -0.000000109. The van der Waals surface area contributed by atoms with Gasteiger partial charge in [0.1, 0.15) is 28.9 Å². The van der Waals surface area contributed by atoms with Crippen molar-refractivity contribution in [2.24, 2.45) is 29.6 Å². The lowest BCUT2D eigenvalue weighted by atomic mass is 10.0. The number of unbranched alkanes of at least 4 members (excludes halogenated alkanes) is 6. The number of carbonyl (C=O) groups is 5. The topological polar surface area (TPSA) is 85.3 Å². The standard InChI is InChI=1S/C10H20O.C9H18O.C8H16O.C7H14O.C6H12O.CH4/c1-4-5-6-7-8-10(11)9(2)3;1-4-5-6-7-9(10)8(2)3;1-4-5-6-8(9)7(2)3;1-4-5-7(8)6(2)3;1-4-6(7)5(2)3;/h9H,4-8H2,1-3H3;8H,4-7H2,1-3H3;7H,4-6H2,1-3H3;6H,4-5H2,1-3H3;5H,4H2,1-3H3;1H4. The predicted octanol–water partition coefficient (Wildman–Crippen LogP) is 12.6. The molecule has 0 N–H and O–H groups in total. The van der Waals surface area contributed by atoms with Crippen LogP contribution in [0.4, 0.5) is 0 Å². The molecule has 0 aromatic carbocycles. The molecule has 0 fully saturated rings. The maximum Gasteiger partial charge on any atom is 0.135 e. The SMILES string of the molecule is C.CCC(=O)C(C)C.CCCC(=O)C(C)C.CCCCC(=O)C(C)C.CCCCCC(=O)C(C)C.CCCCCCC(=O)C(C)C. The van der Waals surface area contributed by atoms with Crippen LogP contribution in [-0.2, 0) is 24.0 Å². The quantitative estimate of drug-likeness (QED) is 0.122. The molecule has 5 nitrogen and oxygen atoms in total. The molecule has 0 rings (SSSR count). The molecule has 0 aliphatic heterocycles. The number of Topliss-reactive ketones (excluding diaryl/α,β-unsaturated/α-hetero) is 5. The van der Waals surface area contributed by atoms with E-state index in [9.17, 15) is 24.0 Å². The largest absolute Gasteiger partial charge is 0.299 e. The van der Waals surface area contributed by atoms with Crippen LogP contribution in [0, 0.1) is 29.6 Å². The van der Waals surface area contributed by atoms with Crippen LogP contribution >= 0.6 is 0 Å². The molecule has 46 heavy (non-hydrogen) atoms. The Labute approximate surface area is 289 Å². The third-order valence-electron chi connectivity index (χ3n) is 7.14. The Morgan fingerprint density at radius 3 is 0.804 bits per heavy atom. The lowest BCUT2D eigenvalue weighted by Crippen LogP contribution is -2.05. The molecular formula is C41H84O5. The monoisotopic (exact) mass is 657 g/mol. The van der Waals surface area contributed by atoms with Crippen molar-refractivity contribution >= 4 is 28.9 Å². The van der Waals surface area contributed by atoms with Gasteiger partial charge in [0.2, 0.25) is 0 Å². The highest BCUT2D eigenvalue weighted by atomic mass is 16.1. The van der Waals surface area contributed by atoms with Gasteiger partial charge in [0.25, 0.3) is 0 Å². The zero-order valence-corrected chi connectivity index (χ0v) is 33.0. The van der Waals surface area contributed by atoms with Crippen molar-refractivity contribution in [3.05, 3.63) is 0 Å². The maximum atomic E-state index is 11.1. The van der Waals surface area contributed by atoms with Gasteiger partial charge in [-0.2, -0.15) is 0 Å². The molecule has 0 bridgehead atoms. The highest BCUT2D eigenvalue weighted by Crippen LogP contribution is 2.07. The molecular weight excluding hydrogens is 572 g/mol. The van der Waals surface area contributed by atoms with Crippen molar-refractivity contribution in [2.45, 2.75) is 208 Å². The zero-order valence-electron chi connectivity index (χ0n) is 33.0. The minimum atomic E-state index is 0. The van der Waals surface area contributed by atoms with Crippen molar-refractivity contribution in [3.8, 4) is 0 Å². The zero-order chi connectivity index (χ0) is 36.4. The van der Waals surface area contributed by atoms with E-state index in [-0.39, 0.29) is 37.0 Å². The van der Waals surface area contributed by atoms with E-state index in [0.717, 1.165) is 57.8 Å². The van der Waals surface area contributed by atoms with E-state index in [0.29, 0.717) is 35.3 Å². The van der Waals surface area contributed by atoms with Crippen LogP contribution < -0.4 is 0 Å². The van der Waals surface area contributed by atoms with Crippen molar-refractivity contribution in [1.29, 1.82) is 0 Å². The van der Waals surface area contributed by atoms with Crippen molar-refractivity contribution < 1.29 is 24.0 Å². The molecule has 0 aromatic heterocycles. The molecule has 0 amide bonds. The first-order valence-electron chi connectivity index (χ1n) is 18.5. The molecule has 0 aromatic rings. The summed E-state index contributed by atoms with van der Waals surface area (Å²) in [5, 5.41) is 0. The number of ketones is 5. The van der Waals surface area contributed by atoms with Gasteiger partial charge in [-0.15, -0.1) is 0 Å². The Bertz CT molecular complexity index is 702.